The van der Waals surface area contributed by atoms with Crippen molar-refractivity contribution in [3.05, 3.63) is 23.3 Å². The maximum atomic E-state index is 6.42. The van der Waals surface area contributed by atoms with Crippen molar-refractivity contribution in [2.24, 2.45) is 0 Å². The van der Waals surface area contributed by atoms with E-state index >= 15 is 0 Å². The van der Waals surface area contributed by atoms with Crippen molar-refractivity contribution in [1.29, 1.82) is 0 Å². The first-order valence-corrected chi connectivity index (χ1v) is 9.80. The summed E-state index contributed by atoms with van der Waals surface area (Å²) in [6.45, 7) is 20.0. The Morgan fingerprint density at radius 3 is 1.48 bits per heavy atom. The van der Waals surface area contributed by atoms with E-state index in [2.05, 4.69) is 74.4 Å². The van der Waals surface area contributed by atoms with Crippen LogP contribution in [0.25, 0.3) is 0 Å². The van der Waals surface area contributed by atoms with E-state index in [0.29, 0.717) is 0 Å². The molecule has 0 saturated heterocycles. The fourth-order valence-corrected chi connectivity index (χ4v) is 3.72. The Balaban J connectivity index is 3.62. The van der Waals surface area contributed by atoms with Crippen molar-refractivity contribution in [3.63, 3.8) is 0 Å². The third-order valence-electron chi connectivity index (χ3n) is 4.93. The molecule has 0 unspecified atom stereocenters. The van der Waals surface area contributed by atoms with Crippen molar-refractivity contribution in [1.82, 2.24) is 0 Å². The number of rotatable bonds is 8. The summed E-state index contributed by atoms with van der Waals surface area (Å²) in [5, 5.41) is 0. The molecule has 2 heteroatoms. The zero-order valence-corrected chi connectivity index (χ0v) is 18.3. The van der Waals surface area contributed by atoms with Gasteiger partial charge in [0.25, 0.3) is 0 Å². The molecule has 0 atom stereocenters. The fraction of sp³-hybridized carbons (Fsp3) is 0.739. The average Bonchev–Trinajstić information content (AvgIpc) is 2.44. The van der Waals surface area contributed by atoms with Crippen molar-refractivity contribution < 1.29 is 9.47 Å². The third kappa shape index (κ3) is 5.66. The lowest BCUT2D eigenvalue weighted by molar-refractivity contribution is 0.126. The van der Waals surface area contributed by atoms with Gasteiger partial charge in [0, 0.05) is 11.1 Å². The molecular formula is C23H40O2. The first kappa shape index (κ1) is 21.9. The largest absolute Gasteiger partial charge is 0.496 e. The van der Waals surface area contributed by atoms with Crippen molar-refractivity contribution in [2.45, 2.75) is 104 Å². The van der Waals surface area contributed by atoms with Crippen LogP contribution in [-0.4, -0.2) is 12.7 Å². The van der Waals surface area contributed by atoms with E-state index in [1.54, 1.807) is 7.11 Å². The van der Waals surface area contributed by atoms with E-state index in [4.69, 9.17) is 9.47 Å². The molecule has 0 bridgehead atoms. The van der Waals surface area contributed by atoms with Gasteiger partial charge in [-0.25, -0.2) is 0 Å². The molecular weight excluding hydrogens is 308 g/mol. The molecule has 0 heterocycles. The molecule has 0 fully saturated rings. The van der Waals surface area contributed by atoms with E-state index in [-0.39, 0.29) is 16.4 Å². The quantitative estimate of drug-likeness (QED) is 0.502. The van der Waals surface area contributed by atoms with E-state index in [9.17, 15) is 0 Å². The first-order valence-electron chi connectivity index (χ1n) is 9.80. The molecule has 0 aliphatic heterocycles. The first-order chi connectivity index (χ1) is 11.4. The second-order valence-electron chi connectivity index (χ2n) is 9.53. The van der Waals surface area contributed by atoms with Crippen molar-refractivity contribution >= 4 is 0 Å². The van der Waals surface area contributed by atoms with Gasteiger partial charge in [-0.1, -0.05) is 54.4 Å². The molecule has 2 nitrogen and oxygen atoms in total. The summed E-state index contributed by atoms with van der Waals surface area (Å²) in [4.78, 5) is 0. The Hall–Kier alpha value is -1.18. The van der Waals surface area contributed by atoms with Gasteiger partial charge in [-0.15, -0.1) is 0 Å². The van der Waals surface area contributed by atoms with Crippen molar-refractivity contribution in [3.8, 4) is 11.5 Å². The van der Waals surface area contributed by atoms with Gasteiger partial charge in [-0.05, 0) is 56.6 Å². The summed E-state index contributed by atoms with van der Waals surface area (Å²) in [6.07, 6.45) is 4.53. The summed E-state index contributed by atoms with van der Waals surface area (Å²) in [6, 6.07) is 4.47. The van der Waals surface area contributed by atoms with Crippen molar-refractivity contribution in [2.75, 3.05) is 7.11 Å². The predicted octanol–water partition coefficient (Wildman–Crippen LogP) is 7.03. The van der Waals surface area contributed by atoms with Crippen LogP contribution >= 0.6 is 0 Å². The van der Waals surface area contributed by atoms with E-state index < -0.39 is 0 Å². The van der Waals surface area contributed by atoms with Crippen LogP contribution in [-0.2, 0) is 10.8 Å². The standard InChI is InChI=1S/C23H40O2/c1-11-13-22(6,7)17-16-20(25-21(3,4)5)18(15-19(17)24-10)23(8,9)14-12-2/h15-16H,11-14H2,1-10H3. The lowest BCUT2D eigenvalue weighted by atomic mass is 9.75. The summed E-state index contributed by atoms with van der Waals surface area (Å²) in [5.74, 6) is 1.99. The average molecular weight is 349 g/mol. The SMILES string of the molecule is CCCC(C)(C)c1cc(OC(C)(C)C)c(C(C)(C)CCC)cc1OC. The fourth-order valence-electron chi connectivity index (χ4n) is 3.72. The molecule has 1 aromatic carbocycles. The monoisotopic (exact) mass is 348 g/mol. The highest BCUT2D eigenvalue weighted by molar-refractivity contribution is 5.52. The molecule has 0 aromatic heterocycles. The van der Waals surface area contributed by atoms with Gasteiger partial charge in [0.2, 0.25) is 0 Å². The van der Waals surface area contributed by atoms with Crippen LogP contribution in [0.5, 0.6) is 11.5 Å². The summed E-state index contributed by atoms with van der Waals surface area (Å²) in [5.41, 5.74) is 2.38. The van der Waals surface area contributed by atoms with Gasteiger partial charge in [0.05, 0.1) is 7.11 Å². The number of ether oxygens (including phenoxy) is 2. The number of hydrogen-bond acceptors (Lipinski definition) is 2. The highest BCUT2D eigenvalue weighted by atomic mass is 16.5. The molecule has 0 aliphatic carbocycles. The third-order valence-corrected chi connectivity index (χ3v) is 4.93. The van der Waals surface area contributed by atoms with Crippen LogP contribution in [0.2, 0.25) is 0 Å². The maximum absolute atomic E-state index is 6.42. The summed E-state index contributed by atoms with van der Waals surface area (Å²) >= 11 is 0. The lowest BCUT2D eigenvalue weighted by Crippen LogP contribution is -2.27. The van der Waals surface area contributed by atoms with Gasteiger partial charge >= 0.3 is 0 Å². The minimum Gasteiger partial charge on any atom is -0.496 e. The molecule has 0 radical (unpaired) electrons. The zero-order valence-electron chi connectivity index (χ0n) is 18.3. The minimum atomic E-state index is -0.224. The Bertz CT molecular complexity index is 562. The Morgan fingerprint density at radius 2 is 1.12 bits per heavy atom. The molecule has 0 spiro atoms. The second-order valence-corrected chi connectivity index (χ2v) is 9.53. The second kappa shape index (κ2) is 8.01. The summed E-state index contributed by atoms with van der Waals surface area (Å²) in [7, 11) is 1.78. The van der Waals surface area contributed by atoms with Gasteiger partial charge < -0.3 is 9.47 Å². The topological polar surface area (TPSA) is 18.5 Å². The zero-order chi connectivity index (χ0) is 19.5. The van der Waals surface area contributed by atoms with Crippen LogP contribution in [0.4, 0.5) is 0 Å². The Kier molecular flexibility index (Phi) is 7.01. The van der Waals surface area contributed by atoms with Gasteiger partial charge in [-0.3, -0.25) is 0 Å². The van der Waals surface area contributed by atoms with E-state index in [0.717, 1.165) is 37.2 Å². The molecule has 25 heavy (non-hydrogen) atoms. The maximum Gasteiger partial charge on any atom is 0.124 e. The lowest BCUT2D eigenvalue weighted by Gasteiger charge is -2.34. The van der Waals surface area contributed by atoms with Crippen LogP contribution in [0, 0.1) is 0 Å². The normalized spacial score (nSPS) is 13.0. The number of benzene rings is 1. The van der Waals surface area contributed by atoms with Gasteiger partial charge in [0.15, 0.2) is 0 Å². The molecule has 1 rings (SSSR count). The van der Waals surface area contributed by atoms with Gasteiger partial charge in [0.1, 0.15) is 17.1 Å². The smallest absolute Gasteiger partial charge is 0.124 e. The highest BCUT2D eigenvalue weighted by Crippen LogP contribution is 2.44. The van der Waals surface area contributed by atoms with E-state index in [1.807, 2.05) is 0 Å². The molecule has 1 aromatic rings. The minimum absolute atomic E-state index is 0.0516. The van der Waals surface area contributed by atoms with Crippen LogP contribution in [0.1, 0.15) is 99.1 Å². The van der Waals surface area contributed by atoms with E-state index in [1.165, 1.54) is 11.1 Å². The molecule has 0 saturated carbocycles. The van der Waals surface area contributed by atoms with Crippen LogP contribution < -0.4 is 9.47 Å². The number of hydrogen-bond donors (Lipinski definition) is 0. The molecule has 0 aliphatic rings. The molecule has 0 amide bonds. The molecule has 144 valence electrons. The summed E-state index contributed by atoms with van der Waals surface area (Å²) < 4.78 is 12.2. The van der Waals surface area contributed by atoms with Crippen LogP contribution in [0.3, 0.4) is 0 Å². The number of methoxy groups -OCH3 is 1. The van der Waals surface area contributed by atoms with Crippen LogP contribution in [0.15, 0.2) is 12.1 Å². The molecule has 0 N–H and O–H groups in total. The Morgan fingerprint density at radius 1 is 0.720 bits per heavy atom. The Labute approximate surface area is 156 Å². The highest BCUT2D eigenvalue weighted by Gasteiger charge is 2.31. The predicted molar refractivity (Wildman–Crippen MR) is 109 cm³/mol. The van der Waals surface area contributed by atoms with Gasteiger partial charge in [-0.2, -0.15) is 0 Å².